The van der Waals surface area contributed by atoms with Crippen LogP contribution >= 0.6 is 15.9 Å². The average Bonchev–Trinajstić information content (AvgIpc) is 2.40. The van der Waals surface area contributed by atoms with Crippen molar-refractivity contribution in [1.29, 1.82) is 0 Å². The van der Waals surface area contributed by atoms with Crippen LogP contribution < -0.4 is 0 Å². The number of halogens is 1. The highest BCUT2D eigenvalue weighted by Crippen LogP contribution is 2.27. The zero-order valence-electron chi connectivity index (χ0n) is 10.8. The van der Waals surface area contributed by atoms with Gasteiger partial charge >= 0.3 is 0 Å². The molecule has 3 nitrogen and oxygen atoms in total. The average molecular weight is 313 g/mol. The van der Waals surface area contributed by atoms with E-state index < -0.39 is 0 Å². The van der Waals surface area contributed by atoms with Gasteiger partial charge in [-0.2, -0.15) is 0 Å². The first-order valence-corrected chi connectivity index (χ1v) is 7.33. The topological polar surface area (TPSA) is 26.7 Å². The van der Waals surface area contributed by atoms with E-state index in [1.54, 1.807) is 0 Å². The Kier molecular flexibility index (Phi) is 5.18. The number of rotatable bonds is 4. The molecule has 1 aliphatic heterocycles. The van der Waals surface area contributed by atoms with Crippen LogP contribution in [-0.4, -0.2) is 54.2 Å². The van der Waals surface area contributed by atoms with Crippen LogP contribution in [0.15, 0.2) is 28.7 Å². The number of β-amino-alcohol motifs (C(OH)–C–C–N with tert-alkyl or cyclic N) is 1. The van der Waals surface area contributed by atoms with E-state index in [1.807, 2.05) is 0 Å². The number of piperazine rings is 1. The Hall–Kier alpha value is -0.420. The van der Waals surface area contributed by atoms with Gasteiger partial charge in [0, 0.05) is 43.2 Å². The van der Waals surface area contributed by atoms with E-state index in [-0.39, 0.29) is 6.61 Å². The van der Waals surface area contributed by atoms with Crippen molar-refractivity contribution in [3.63, 3.8) is 0 Å². The number of benzene rings is 1. The molecule has 1 N–H and O–H groups in total. The maximum Gasteiger partial charge on any atom is 0.0558 e. The summed E-state index contributed by atoms with van der Waals surface area (Å²) >= 11 is 3.63. The Balaban J connectivity index is 1.95. The molecule has 1 aliphatic rings. The fraction of sp³-hybridized carbons (Fsp3) is 0.571. The lowest BCUT2D eigenvalue weighted by Gasteiger charge is -2.38. The summed E-state index contributed by atoms with van der Waals surface area (Å²) in [4.78, 5) is 4.83. The second-order valence-corrected chi connectivity index (χ2v) is 5.65. The largest absolute Gasteiger partial charge is 0.395 e. The van der Waals surface area contributed by atoms with Gasteiger partial charge in [-0.15, -0.1) is 0 Å². The molecule has 0 unspecified atom stereocenters. The van der Waals surface area contributed by atoms with Crippen molar-refractivity contribution in [2.24, 2.45) is 0 Å². The maximum atomic E-state index is 8.95. The van der Waals surface area contributed by atoms with E-state index in [0.29, 0.717) is 6.04 Å². The van der Waals surface area contributed by atoms with Crippen molar-refractivity contribution in [3.05, 3.63) is 34.3 Å². The number of hydrogen-bond donors (Lipinski definition) is 1. The Morgan fingerprint density at radius 3 is 2.50 bits per heavy atom. The number of aliphatic hydroxyl groups excluding tert-OH is 1. The third kappa shape index (κ3) is 3.32. The monoisotopic (exact) mass is 312 g/mol. The zero-order chi connectivity index (χ0) is 13.0. The van der Waals surface area contributed by atoms with Crippen LogP contribution in [0.4, 0.5) is 0 Å². The molecule has 4 heteroatoms. The molecule has 1 aromatic rings. The Labute approximate surface area is 118 Å². The quantitative estimate of drug-likeness (QED) is 0.922. The Morgan fingerprint density at radius 2 is 1.89 bits per heavy atom. The molecule has 18 heavy (non-hydrogen) atoms. The molecule has 2 rings (SSSR count). The SMILES string of the molecule is C[C@H](c1ccccc1Br)N1CCN(CCO)CC1. The molecule has 100 valence electrons. The molecule has 0 amide bonds. The fourth-order valence-corrected chi connectivity index (χ4v) is 3.14. The highest BCUT2D eigenvalue weighted by molar-refractivity contribution is 9.10. The fourth-order valence-electron chi connectivity index (χ4n) is 2.53. The van der Waals surface area contributed by atoms with Gasteiger partial charge in [0.2, 0.25) is 0 Å². The van der Waals surface area contributed by atoms with Gasteiger partial charge in [-0.3, -0.25) is 9.80 Å². The predicted octanol–water partition coefficient (Wildman–Crippen LogP) is 2.12. The van der Waals surface area contributed by atoms with Crippen LogP contribution in [0.2, 0.25) is 0 Å². The van der Waals surface area contributed by atoms with Crippen molar-refractivity contribution in [3.8, 4) is 0 Å². The van der Waals surface area contributed by atoms with Crippen molar-refractivity contribution in [1.82, 2.24) is 9.80 Å². The zero-order valence-corrected chi connectivity index (χ0v) is 12.4. The van der Waals surface area contributed by atoms with Gasteiger partial charge in [0.1, 0.15) is 0 Å². The molecular formula is C14H21BrN2O. The summed E-state index contributed by atoms with van der Waals surface area (Å²) < 4.78 is 1.19. The molecule has 0 radical (unpaired) electrons. The molecule has 1 fully saturated rings. The van der Waals surface area contributed by atoms with Crippen LogP contribution in [0.5, 0.6) is 0 Å². The first-order chi connectivity index (χ1) is 8.72. The van der Waals surface area contributed by atoms with Crippen LogP contribution in [0.3, 0.4) is 0 Å². The van der Waals surface area contributed by atoms with E-state index in [4.69, 9.17) is 5.11 Å². The third-order valence-corrected chi connectivity index (χ3v) is 4.45. The predicted molar refractivity (Wildman–Crippen MR) is 77.7 cm³/mol. The summed E-state index contributed by atoms with van der Waals surface area (Å²) in [7, 11) is 0. The Bertz CT molecular complexity index is 378. The van der Waals surface area contributed by atoms with Gasteiger partial charge in [0.05, 0.1) is 6.61 Å². The molecule has 1 heterocycles. The summed E-state index contributed by atoms with van der Waals surface area (Å²) in [5.74, 6) is 0. The lowest BCUT2D eigenvalue weighted by molar-refractivity contribution is 0.0886. The lowest BCUT2D eigenvalue weighted by Crippen LogP contribution is -2.47. The number of nitrogens with zero attached hydrogens (tertiary/aromatic N) is 2. The summed E-state index contributed by atoms with van der Waals surface area (Å²) in [5, 5.41) is 8.95. The third-order valence-electron chi connectivity index (χ3n) is 3.73. The maximum absolute atomic E-state index is 8.95. The molecule has 0 aromatic heterocycles. The van der Waals surface area contributed by atoms with E-state index in [9.17, 15) is 0 Å². The summed E-state index contributed by atoms with van der Waals surface area (Å²) in [6.07, 6.45) is 0. The molecule has 0 spiro atoms. The Morgan fingerprint density at radius 1 is 1.22 bits per heavy atom. The minimum absolute atomic E-state index is 0.264. The van der Waals surface area contributed by atoms with E-state index in [0.717, 1.165) is 32.7 Å². The molecular weight excluding hydrogens is 292 g/mol. The van der Waals surface area contributed by atoms with Crippen LogP contribution in [0.25, 0.3) is 0 Å². The van der Waals surface area contributed by atoms with Crippen molar-refractivity contribution in [2.45, 2.75) is 13.0 Å². The van der Waals surface area contributed by atoms with Gasteiger partial charge in [-0.1, -0.05) is 34.1 Å². The van der Waals surface area contributed by atoms with Gasteiger partial charge in [0.15, 0.2) is 0 Å². The van der Waals surface area contributed by atoms with Crippen molar-refractivity contribution in [2.75, 3.05) is 39.3 Å². The second-order valence-electron chi connectivity index (χ2n) is 4.80. The lowest BCUT2D eigenvalue weighted by atomic mass is 10.1. The van der Waals surface area contributed by atoms with Gasteiger partial charge in [-0.25, -0.2) is 0 Å². The molecule has 0 bridgehead atoms. The van der Waals surface area contributed by atoms with Crippen LogP contribution in [0.1, 0.15) is 18.5 Å². The minimum atomic E-state index is 0.264. The second kappa shape index (κ2) is 6.66. The van der Waals surface area contributed by atoms with Gasteiger partial charge in [-0.05, 0) is 18.6 Å². The van der Waals surface area contributed by atoms with Gasteiger partial charge < -0.3 is 5.11 Å². The first kappa shape index (κ1) is 14.0. The summed E-state index contributed by atoms with van der Waals surface area (Å²) in [6, 6.07) is 8.89. The van der Waals surface area contributed by atoms with Crippen LogP contribution in [0, 0.1) is 0 Å². The molecule has 1 atom stereocenters. The van der Waals surface area contributed by atoms with E-state index in [1.165, 1.54) is 10.0 Å². The van der Waals surface area contributed by atoms with Gasteiger partial charge in [0.25, 0.3) is 0 Å². The minimum Gasteiger partial charge on any atom is -0.395 e. The highest BCUT2D eigenvalue weighted by atomic mass is 79.9. The molecule has 0 aliphatic carbocycles. The summed E-state index contributed by atoms with van der Waals surface area (Å²) in [5.41, 5.74) is 1.35. The summed E-state index contributed by atoms with van der Waals surface area (Å²) in [6.45, 7) is 7.58. The number of aliphatic hydroxyl groups is 1. The first-order valence-electron chi connectivity index (χ1n) is 6.54. The van der Waals surface area contributed by atoms with Crippen molar-refractivity contribution < 1.29 is 5.11 Å². The van der Waals surface area contributed by atoms with E-state index in [2.05, 4.69) is 56.9 Å². The molecule has 0 saturated carbocycles. The normalized spacial score (nSPS) is 19.9. The van der Waals surface area contributed by atoms with E-state index >= 15 is 0 Å². The molecule has 1 aromatic carbocycles. The standard InChI is InChI=1S/C14H21BrN2O/c1-12(13-4-2-3-5-14(13)15)17-8-6-16(7-9-17)10-11-18/h2-5,12,18H,6-11H2,1H3/t12-/m1/s1. The highest BCUT2D eigenvalue weighted by Gasteiger charge is 2.22. The smallest absolute Gasteiger partial charge is 0.0558 e. The van der Waals surface area contributed by atoms with Crippen molar-refractivity contribution >= 4 is 15.9 Å². The van der Waals surface area contributed by atoms with Crippen LogP contribution in [-0.2, 0) is 0 Å². The number of hydrogen-bond acceptors (Lipinski definition) is 3. The molecule has 1 saturated heterocycles.